The summed E-state index contributed by atoms with van der Waals surface area (Å²) in [6.07, 6.45) is 4.88. The Kier molecular flexibility index (Phi) is 16.3. The molecular formula is C35H47N5O5. The van der Waals surface area contributed by atoms with Crippen LogP contribution in [-0.4, -0.2) is 47.4 Å². The van der Waals surface area contributed by atoms with E-state index < -0.39 is 17.8 Å². The highest BCUT2D eigenvalue weighted by Crippen LogP contribution is 2.34. The van der Waals surface area contributed by atoms with Crippen molar-refractivity contribution in [1.29, 1.82) is 5.41 Å². The normalized spacial score (nSPS) is 11.1. The number of aromatic carboxylic acids is 1. The first kappa shape index (κ1) is 38.0. The van der Waals surface area contributed by atoms with Crippen molar-refractivity contribution in [3.63, 3.8) is 0 Å². The molecule has 4 rings (SSSR count). The number of carboxylic acids is 1. The molecule has 1 aromatic heterocycles. The lowest BCUT2D eigenvalue weighted by atomic mass is 9.94. The molecule has 2 amide bonds. The summed E-state index contributed by atoms with van der Waals surface area (Å²) >= 11 is 0. The van der Waals surface area contributed by atoms with Gasteiger partial charge >= 0.3 is 5.97 Å². The molecular weight excluding hydrogens is 570 g/mol. The lowest BCUT2D eigenvalue weighted by Crippen LogP contribution is -2.27. The van der Waals surface area contributed by atoms with Crippen molar-refractivity contribution in [1.82, 2.24) is 10.3 Å². The van der Waals surface area contributed by atoms with Crippen LogP contribution in [0.1, 0.15) is 103 Å². The molecule has 45 heavy (non-hydrogen) atoms. The SMILES string of the molecule is C=Cc1cc(C(=O)Nc2ccc(C(=N)N)cc2)c(-c2ccc(C(=O)NCC3CC3)nc2C(=O)O)cc1OC.CC.CC.CCC. The number of amidine groups is 1. The predicted molar refractivity (Wildman–Crippen MR) is 182 cm³/mol. The van der Waals surface area contributed by atoms with Crippen LogP contribution in [0.25, 0.3) is 17.2 Å². The van der Waals surface area contributed by atoms with E-state index in [1.807, 2.05) is 27.7 Å². The van der Waals surface area contributed by atoms with Gasteiger partial charge in [0, 0.05) is 40.0 Å². The third kappa shape index (κ3) is 10.9. The zero-order valence-electron chi connectivity index (χ0n) is 27.4. The number of pyridine rings is 1. The molecule has 6 N–H and O–H groups in total. The number of nitrogens with two attached hydrogens (primary N) is 1. The van der Waals surface area contributed by atoms with Crippen LogP contribution in [0.4, 0.5) is 5.69 Å². The van der Waals surface area contributed by atoms with Crippen LogP contribution in [0.3, 0.4) is 0 Å². The van der Waals surface area contributed by atoms with Gasteiger partial charge in [0.2, 0.25) is 0 Å². The average Bonchev–Trinajstić information content (AvgIpc) is 3.90. The predicted octanol–water partition coefficient (Wildman–Crippen LogP) is 7.24. The van der Waals surface area contributed by atoms with E-state index in [4.69, 9.17) is 15.9 Å². The molecule has 1 aliphatic rings. The number of carbonyl (C=O) groups excluding carboxylic acids is 2. The van der Waals surface area contributed by atoms with Crippen molar-refractivity contribution < 1.29 is 24.2 Å². The van der Waals surface area contributed by atoms with Gasteiger partial charge in [0.05, 0.1) is 7.11 Å². The van der Waals surface area contributed by atoms with E-state index in [1.165, 1.54) is 31.7 Å². The number of nitrogens with one attached hydrogen (secondary N) is 3. The number of carbonyl (C=O) groups is 3. The second-order valence-electron chi connectivity index (χ2n) is 9.55. The largest absolute Gasteiger partial charge is 0.496 e. The van der Waals surface area contributed by atoms with Gasteiger partial charge in [-0.25, -0.2) is 9.78 Å². The molecule has 242 valence electrons. The molecule has 0 saturated heterocycles. The van der Waals surface area contributed by atoms with E-state index in [2.05, 4.69) is 36.0 Å². The average molecular weight is 618 g/mol. The molecule has 1 saturated carbocycles. The molecule has 0 radical (unpaired) electrons. The number of hydrogen-bond acceptors (Lipinski definition) is 6. The highest BCUT2D eigenvalue weighted by atomic mass is 16.5. The van der Waals surface area contributed by atoms with Crippen molar-refractivity contribution in [3.8, 4) is 16.9 Å². The van der Waals surface area contributed by atoms with Crippen molar-refractivity contribution >= 4 is 35.4 Å². The standard InChI is InChI=1S/C28H27N5O5.C3H8.2C2H6/c1-3-16-12-21(26(34)32-18-8-6-17(7-9-18)25(29)30)20(13-23(16)38-2)19-10-11-22(33-24(19)28(36)37)27(35)31-14-15-4-5-15;1-3-2;2*1-2/h3,6-13,15H,1,4-5,14H2,2H3,(H3,29,30)(H,31,35)(H,32,34)(H,36,37);3H2,1-2H3;2*1-2H3. The van der Waals surface area contributed by atoms with Crippen molar-refractivity contribution in [2.24, 2.45) is 11.7 Å². The Morgan fingerprint density at radius 1 is 1.02 bits per heavy atom. The van der Waals surface area contributed by atoms with Crippen LogP contribution in [0, 0.1) is 11.3 Å². The maximum atomic E-state index is 13.4. The van der Waals surface area contributed by atoms with Gasteiger partial charge in [-0.15, -0.1) is 0 Å². The quantitative estimate of drug-likeness (QED) is 0.118. The van der Waals surface area contributed by atoms with Gasteiger partial charge in [-0.2, -0.15) is 0 Å². The summed E-state index contributed by atoms with van der Waals surface area (Å²) in [7, 11) is 1.45. The highest BCUT2D eigenvalue weighted by Gasteiger charge is 2.25. The summed E-state index contributed by atoms with van der Waals surface area (Å²) in [6.45, 7) is 16.5. The highest BCUT2D eigenvalue weighted by molar-refractivity contribution is 6.11. The zero-order chi connectivity index (χ0) is 34.1. The summed E-state index contributed by atoms with van der Waals surface area (Å²) in [5.41, 5.74) is 7.09. The summed E-state index contributed by atoms with van der Waals surface area (Å²) in [5.74, 6) is -1.61. The molecule has 0 spiro atoms. The van der Waals surface area contributed by atoms with Gasteiger partial charge in [-0.3, -0.25) is 15.0 Å². The fraction of sp³-hybridized carbons (Fsp3) is 0.343. The molecule has 0 unspecified atom stereocenters. The summed E-state index contributed by atoms with van der Waals surface area (Å²) < 4.78 is 5.44. The Balaban J connectivity index is 0.00000134. The Morgan fingerprint density at radius 3 is 2.11 bits per heavy atom. The lowest BCUT2D eigenvalue weighted by Gasteiger charge is -2.16. The number of rotatable bonds is 10. The van der Waals surface area contributed by atoms with E-state index in [9.17, 15) is 19.5 Å². The Morgan fingerprint density at radius 2 is 1.62 bits per heavy atom. The van der Waals surface area contributed by atoms with Gasteiger partial charge in [-0.05, 0) is 67.3 Å². The Bertz CT molecular complexity index is 1460. The van der Waals surface area contributed by atoms with Crippen molar-refractivity contribution in [2.45, 2.75) is 60.8 Å². The first-order chi connectivity index (χ1) is 21.6. The first-order valence-corrected chi connectivity index (χ1v) is 15.3. The molecule has 3 aromatic rings. The van der Waals surface area contributed by atoms with E-state index in [0.29, 0.717) is 35.0 Å². The molecule has 1 heterocycles. The Labute approximate surface area is 266 Å². The second-order valence-corrected chi connectivity index (χ2v) is 9.55. The number of amides is 2. The van der Waals surface area contributed by atoms with Crippen molar-refractivity contribution in [3.05, 3.63) is 83.2 Å². The van der Waals surface area contributed by atoms with E-state index >= 15 is 0 Å². The third-order valence-electron chi connectivity index (χ3n) is 6.16. The summed E-state index contributed by atoms with van der Waals surface area (Å²) in [4.78, 5) is 42.3. The molecule has 2 aromatic carbocycles. The van der Waals surface area contributed by atoms with Gasteiger partial charge < -0.3 is 26.2 Å². The molecule has 0 aliphatic heterocycles. The topological polar surface area (TPSA) is 167 Å². The second kappa shape index (κ2) is 19.3. The van der Waals surface area contributed by atoms with Crippen LogP contribution in [0.5, 0.6) is 5.75 Å². The smallest absolute Gasteiger partial charge is 0.355 e. The number of aromatic nitrogens is 1. The number of methoxy groups -OCH3 is 1. The van der Waals surface area contributed by atoms with Crippen LogP contribution >= 0.6 is 0 Å². The third-order valence-corrected chi connectivity index (χ3v) is 6.16. The fourth-order valence-electron chi connectivity index (χ4n) is 3.89. The van der Waals surface area contributed by atoms with Gasteiger partial charge in [0.1, 0.15) is 17.3 Å². The lowest BCUT2D eigenvalue weighted by molar-refractivity contribution is 0.0691. The first-order valence-electron chi connectivity index (χ1n) is 15.3. The maximum absolute atomic E-state index is 13.4. The molecule has 0 bridgehead atoms. The van der Waals surface area contributed by atoms with Crippen LogP contribution < -0.4 is 21.1 Å². The van der Waals surface area contributed by atoms with Gasteiger partial charge in [-0.1, -0.05) is 60.6 Å². The molecule has 10 nitrogen and oxygen atoms in total. The summed E-state index contributed by atoms with van der Waals surface area (Å²) in [5, 5.41) is 23.0. The zero-order valence-corrected chi connectivity index (χ0v) is 27.4. The van der Waals surface area contributed by atoms with Crippen LogP contribution in [0.15, 0.2) is 55.1 Å². The minimum atomic E-state index is -1.35. The molecule has 10 heteroatoms. The number of nitrogen functional groups attached to an aromatic ring is 1. The number of benzene rings is 2. The van der Waals surface area contributed by atoms with Crippen molar-refractivity contribution in [2.75, 3.05) is 19.0 Å². The number of hydrogen-bond donors (Lipinski definition) is 5. The molecule has 0 atom stereocenters. The number of nitrogens with zero attached hydrogens (tertiary/aromatic N) is 1. The molecule has 1 aliphatic carbocycles. The minimum absolute atomic E-state index is 0.0296. The number of carboxylic acid groups (broad SMARTS) is 1. The maximum Gasteiger partial charge on any atom is 0.355 e. The monoisotopic (exact) mass is 617 g/mol. The fourth-order valence-corrected chi connectivity index (χ4v) is 3.89. The number of anilines is 1. The minimum Gasteiger partial charge on any atom is -0.496 e. The summed E-state index contributed by atoms with van der Waals surface area (Å²) in [6, 6.07) is 12.4. The van der Waals surface area contributed by atoms with E-state index in [-0.39, 0.29) is 33.9 Å². The van der Waals surface area contributed by atoms with Gasteiger partial charge in [0.15, 0.2) is 5.69 Å². The number of ether oxygens (including phenoxy) is 1. The van der Waals surface area contributed by atoms with Crippen LogP contribution in [-0.2, 0) is 0 Å². The Hall–Kier alpha value is -4.99. The van der Waals surface area contributed by atoms with Gasteiger partial charge in [0.25, 0.3) is 11.8 Å². The van der Waals surface area contributed by atoms with Crippen LogP contribution in [0.2, 0.25) is 0 Å². The molecule has 1 fully saturated rings. The van der Waals surface area contributed by atoms with E-state index in [1.54, 1.807) is 36.4 Å². The van der Waals surface area contributed by atoms with E-state index in [0.717, 1.165) is 12.8 Å².